The number of fused-ring (bicyclic) bond motifs is 3. The van der Waals surface area contributed by atoms with Gasteiger partial charge in [-0.15, -0.1) is 0 Å². The summed E-state index contributed by atoms with van der Waals surface area (Å²) < 4.78 is 11.5. The first kappa shape index (κ1) is 41.1. The lowest BCUT2D eigenvalue weighted by molar-refractivity contribution is -0.130. The number of amides is 3. The van der Waals surface area contributed by atoms with Gasteiger partial charge in [-0.05, 0) is 66.8 Å². The summed E-state index contributed by atoms with van der Waals surface area (Å²) in [5.74, 6) is -1.44. The minimum Gasteiger partial charge on any atom is -0.448 e. The normalized spacial score (nSPS) is 15.2. The number of aliphatic hydroxyl groups is 1. The van der Waals surface area contributed by atoms with Crippen molar-refractivity contribution in [2.75, 3.05) is 19.8 Å². The van der Waals surface area contributed by atoms with Crippen molar-refractivity contribution in [3.05, 3.63) is 95.6 Å². The Morgan fingerprint density at radius 3 is 1.92 bits per heavy atom. The standard InChI is InChI=1S/C43H57N3O7/c1-8-28(3)37(44-39(49)24-38(48)40(29(4)9-2)45-41(50)53-43(5,6)7)25-46(31(26-47)23-30-17-11-10-12-18-30)42(51)52-27-36-34-21-15-13-19-32(34)33-20-14-16-22-35(33)36/h10-22,28-29,31,36-37,40,47H,8-9,23-27H2,1-7H3,(H,44,49)(H,45,50)/t28?,29?,31?,37?,40-/m0/s1. The topological polar surface area (TPSA) is 134 Å². The van der Waals surface area contributed by atoms with Crippen LogP contribution in [0.4, 0.5) is 9.59 Å². The minimum absolute atomic E-state index is 0.0502. The second-order valence-electron chi connectivity index (χ2n) is 15.2. The highest BCUT2D eigenvalue weighted by Gasteiger charge is 2.35. The number of nitrogens with zero attached hydrogens (tertiary/aromatic N) is 1. The van der Waals surface area contributed by atoms with E-state index in [1.807, 2.05) is 82.3 Å². The van der Waals surface area contributed by atoms with Crippen molar-refractivity contribution in [1.82, 2.24) is 15.5 Å². The summed E-state index contributed by atoms with van der Waals surface area (Å²) >= 11 is 0. The van der Waals surface area contributed by atoms with Crippen molar-refractivity contribution in [1.29, 1.82) is 0 Å². The summed E-state index contributed by atoms with van der Waals surface area (Å²) in [7, 11) is 0. The molecule has 10 heteroatoms. The van der Waals surface area contributed by atoms with Gasteiger partial charge in [-0.25, -0.2) is 9.59 Å². The molecule has 0 saturated carbocycles. The molecule has 1 aliphatic rings. The van der Waals surface area contributed by atoms with Crippen molar-refractivity contribution in [2.45, 2.75) is 104 Å². The van der Waals surface area contributed by atoms with Crippen LogP contribution in [0.1, 0.15) is 90.3 Å². The van der Waals surface area contributed by atoms with E-state index in [0.717, 1.165) is 27.8 Å². The molecule has 0 aromatic heterocycles. The van der Waals surface area contributed by atoms with Crippen molar-refractivity contribution < 1.29 is 33.8 Å². The molecular formula is C43H57N3O7. The van der Waals surface area contributed by atoms with Crippen LogP contribution in [0, 0.1) is 11.8 Å². The number of hydrogen-bond donors (Lipinski definition) is 3. The molecule has 0 heterocycles. The zero-order valence-corrected chi connectivity index (χ0v) is 32.3. The molecule has 4 unspecified atom stereocenters. The predicted molar refractivity (Wildman–Crippen MR) is 206 cm³/mol. The Morgan fingerprint density at radius 1 is 0.811 bits per heavy atom. The molecule has 3 amide bonds. The average Bonchev–Trinajstić information content (AvgIpc) is 3.46. The van der Waals surface area contributed by atoms with Crippen LogP contribution in [-0.4, -0.2) is 77.4 Å². The highest BCUT2D eigenvalue weighted by molar-refractivity contribution is 6.01. The first-order valence-corrected chi connectivity index (χ1v) is 18.8. The van der Waals surface area contributed by atoms with E-state index in [4.69, 9.17) is 9.47 Å². The first-order chi connectivity index (χ1) is 25.3. The number of aliphatic hydroxyl groups excluding tert-OH is 1. The van der Waals surface area contributed by atoms with Crippen LogP contribution in [0.25, 0.3) is 11.1 Å². The van der Waals surface area contributed by atoms with Crippen molar-refractivity contribution in [2.24, 2.45) is 11.8 Å². The lowest BCUT2D eigenvalue weighted by Gasteiger charge is -2.35. The number of alkyl carbamates (subject to hydrolysis) is 1. The fourth-order valence-corrected chi connectivity index (χ4v) is 6.81. The quantitative estimate of drug-likeness (QED) is 0.125. The van der Waals surface area contributed by atoms with Crippen molar-refractivity contribution in [3.63, 3.8) is 0 Å². The van der Waals surface area contributed by atoms with E-state index in [-0.39, 0.29) is 37.5 Å². The Hall–Kier alpha value is -4.70. The maximum Gasteiger partial charge on any atom is 0.410 e. The first-order valence-electron chi connectivity index (χ1n) is 18.8. The fraction of sp³-hybridized carbons (Fsp3) is 0.488. The minimum atomic E-state index is -0.912. The number of ether oxygens (including phenoxy) is 2. The lowest BCUT2D eigenvalue weighted by atomic mass is 9.93. The van der Waals surface area contributed by atoms with E-state index in [1.165, 1.54) is 4.90 Å². The zero-order chi connectivity index (χ0) is 38.7. The molecule has 3 aromatic rings. The third kappa shape index (κ3) is 11.2. The molecule has 10 nitrogen and oxygen atoms in total. The number of nitrogens with one attached hydrogen (secondary N) is 2. The van der Waals surface area contributed by atoms with Crippen LogP contribution < -0.4 is 10.6 Å². The third-order valence-corrected chi connectivity index (χ3v) is 10.2. The van der Waals surface area contributed by atoms with E-state index in [1.54, 1.807) is 20.8 Å². The van der Waals surface area contributed by atoms with Crippen molar-refractivity contribution in [3.8, 4) is 11.1 Å². The van der Waals surface area contributed by atoms with Gasteiger partial charge in [0.1, 0.15) is 12.2 Å². The molecular weight excluding hydrogens is 670 g/mol. The molecule has 0 fully saturated rings. The van der Waals surface area contributed by atoms with Gasteiger partial charge in [-0.2, -0.15) is 0 Å². The number of carbonyl (C=O) groups excluding carboxylic acids is 4. The Balaban J connectivity index is 1.54. The molecule has 0 aliphatic heterocycles. The van der Waals surface area contributed by atoms with E-state index >= 15 is 0 Å². The van der Waals surface area contributed by atoms with Gasteiger partial charge in [-0.1, -0.05) is 119 Å². The van der Waals surface area contributed by atoms with Gasteiger partial charge in [0.05, 0.1) is 25.1 Å². The summed E-state index contributed by atoms with van der Waals surface area (Å²) in [6, 6.07) is 23.7. The number of Topliss-reactive ketones (excluding diaryl/α,β-unsaturated/α-hetero) is 1. The highest BCUT2D eigenvalue weighted by Crippen LogP contribution is 2.44. The van der Waals surface area contributed by atoms with E-state index < -0.39 is 54.0 Å². The second kappa shape index (κ2) is 18.9. The van der Waals surface area contributed by atoms with Gasteiger partial charge in [0, 0.05) is 18.5 Å². The molecule has 5 atom stereocenters. The van der Waals surface area contributed by atoms with Crippen LogP contribution in [-0.2, 0) is 25.5 Å². The number of carbonyl (C=O) groups is 4. The summed E-state index contributed by atoms with van der Waals surface area (Å²) in [5, 5.41) is 16.4. The summed E-state index contributed by atoms with van der Waals surface area (Å²) in [6.07, 6.45) is -0.137. The molecule has 3 N–H and O–H groups in total. The summed E-state index contributed by atoms with van der Waals surface area (Å²) in [6.45, 7) is 12.7. The van der Waals surface area contributed by atoms with E-state index in [2.05, 4.69) is 34.9 Å². The lowest BCUT2D eigenvalue weighted by Crippen LogP contribution is -2.54. The van der Waals surface area contributed by atoms with Gasteiger partial charge >= 0.3 is 12.2 Å². The van der Waals surface area contributed by atoms with Crippen LogP contribution in [0.5, 0.6) is 0 Å². The Labute approximate surface area is 314 Å². The van der Waals surface area contributed by atoms with Gasteiger partial charge in [-0.3, -0.25) is 9.59 Å². The van der Waals surface area contributed by atoms with E-state index in [9.17, 15) is 24.3 Å². The van der Waals surface area contributed by atoms with Crippen LogP contribution in [0.2, 0.25) is 0 Å². The number of benzene rings is 3. The SMILES string of the molecule is CCC(C)C(CN(C(=O)OCC1c2ccccc2-c2ccccc21)C(CO)Cc1ccccc1)NC(=O)CC(=O)[C@@H](NC(=O)OC(C)(C)C)C(C)CC. The average molecular weight is 728 g/mol. The van der Waals surface area contributed by atoms with Crippen molar-refractivity contribution >= 4 is 23.9 Å². The van der Waals surface area contributed by atoms with Gasteiger partial charge < -0.3 is 30.1 Å². The largest absolute Gasteiger partial charge is 0.448 e. The number of ketones is 1. The Bertz CT molecular complexity index is 1640. The van der Waals surface area contributed by atoms with Crippen LogP contribution >= 0.6 is 0 Å². The van der Waals surface area contributed by atoms with Crippen LogP contribution in [0.3, 0.4) is 0 Å². The Morgan fingerprint density at radius 2 is 1.38 bits per heavy atom. The van der Waals surface area contributed by atoms with Gasteiger partial charge in [0.25, 0.3) is 0 Å². The fourth-order valence-electron chi connectivity index (χ4n) is 6.81. The maximum absolute atomic E-state index is 14.2. The number of rotatable bonds is 17. The van der Waals surface area contributed by atoms with Gasteiger partial charge in [0.15, 0.2) is 5.78 Å². The Kier molecular flexibility index (Phi) is 14.6. The predicted octanol–water partition coefficient (Wildman–Crippen LogP) is 7.27. The van der Waals surface area contributed by atoms with E-state index in [0.29, 0.717) is 19.3 Å². The van der Waals surface area contributed by atoms with Gasteiger partial charge in [0.2, 0.25) is 5.91 Å². The maximum atomic E-state index is 14.2. The smallest absolute Gasteiger partial charge is 0.410 e. The molecule has 0 spiro atoms. The molecule has 0 bridgehead atoms. The zero-order valence-electron chi connectivity index (χ0n) is 32.3. The second-order valence-corrected chi connectivity index (χ2v) is 15.2. The summed E-state index contributed by atoms with van der Waals surface area (Å²) in [4.78, 5) is 55.4. The molecule has 0 saturated heterocycles. The molecule has 286 valence electrons. The number of hydrogen-bond acceptors (Lipinski definition) is 7. The third-order valence-electron chi connectivity index (χ3n) is 10.2. The molecule has 53 heavy (non-hydrogen) atoms. The molecule has 1 aliphatic carbocycles. The monoisotopic (exact) mass is 727 g/mol. The van der Waals surface area contributed by atoms with Crippen LogP contribution in [0.15, 0.2) is 78.9 Å². The molecule has 0 radical (unpaired) electrons. The molecule has 3 aromatic carbocycles. The highest BCUT2D eigenvalue weighted by atomic mass is 16.6. The summed E-state index contributed by atoms with van der Waals surface area (Å²) in [5.41, 5.74) is 4.59. The molecule has 4 rings (SSSR count).